The highest BCUT2D eigenvalue weighted by Crippen LogP contribution is 2.16. The average molecular weight is 360 g/mol. The van der Waals surface area contributed by atoms with Gasteiger partial charge in [-0.05, 0) is 0 Å². The molecule has 0 aromatic carbocycles. The van der Waals surface area contributed by atoms with Crippen LogP contribution in [0.15, 0.2) is 6.20 Å². The SMILES string of the molecule is C#CCNS(=O)(=O)NCc1cnnn1C[C@H]1N[C@H](CO)[C@@H](O)[C@@H]1O. The second-order valence-electron chi connectivity index (χ2n) is 5.30. The number of terminal acetylenes is 1. The summed E-state index contributed by atoms with van der Waals surface area (Å²) in [7, 11) is -3.75. The van der Waals surface area contributed by atoms with E-state index in [-0.39, 0.29) is 26.2 Å². The van der Waals surface area contributed by atoms with Crippen LogP contribution < -0.4 is 14.8 Å². The zero-order valence-electron chi connectivity index (χ0n) is 12.7. The van der Waals surface area contributed by atoms with Crippen LogP contribution in [0.4, 0.5) is 0 Å². The van der Waals surface area contributed by atoms with Crippen LogP contribution in [0.5, 0.6) is 0 Å². The first-order chi connectivity index (χ1) is 11.4. The van der Waals surface area contributed by atoms with Crippen molar-refractivity contribution in [1.29, 1.82) is 0 Å². The van der Waals surface area contributed by atoms with Gasteiger partial charge in [0.1, 0.15) is 0 Å². The molecule has 0 amide bonds. The predicted molar refractivity (Wildman–Crippen MR) is 82.4 cm³/mol. The molecule has 1 aliphatic heterocycles. The maximum absolute atomic E-state index is 11.6. The fourth-order valence-electron chi connectivity index (χ4n) is 2.38. The molecule has 12 heteroatoms. The van der Waals surface area contributed by atoms with Gasteiger partial charge in [-0.3, -0.25) is 0 Å². The Labute approximate surface area is 139 Å². The summed E-state index contributed by atoms with van der Waals surface area (Å²) >= 11 is 0. The lowest BCUT2D eigenvalue weighted by molar-refractivity contribution is 0.0174. The molecule has 1 aromatic heterocycles. The molecule has 0 aliphatic carbocycles. The van der Waals surface area contributed by atoms with E-state index in [4.69, 9.17) is 11.5 Å². The average Bonchev–Trinajstić information content (AvgIpc) is 3.11. The fraction of sp³-hybridized carbons (Fsp3) is 0.667. The van der Waals surface area contributed by atoms with Crippen LogP contribution >= 0.6 is 0 Å². The monoisotopic (exact) mass is 360 g/mol. The zero-order valence-corrected chi connectivity index (χ0v) is 13.5. The molecule has 24 heavy (non-hydrogen) atoms. The number of rotatable bonds is 8. The third kappa shape index (κ3) is 4.48. The van der Waals surface area contributed by atoms with Crippen molar-refractivity contribution in [1.82, 2.24) is 29.8 Å². The quantitative estimate of drug-likeness (QED) is 0.255. The number of nitrogens with one attached hydrogen (secondary N) is 3. The van der Waals surface area contributed by atoms with Gasteiger partial charge in [0.25, 0.3) is 10.2 Å². The van der Waals surface area contributed by atoms with Crippen molar-refractivity contribution >= 4 is 10.2 Å². The third-order valence-corrected chi connectivity index (χ3v) is 4.72. The van der Waals surface area contributed by atoms with Crippen LogP contribution in [0.2, 0.25) is 0 Å². The minimum absolute atomic E-state index is 0.0816. The summed E-state index contributed by atoms with van der Waals surface area (Å²) < 4.78 is 29.1. The number of aromatic nitrogens is 3. The van der Waals surface area contributed by atoms with E-state index >= 15 is 0 Å². The van der Waals surface area contributed by atoms with Gasteiger partial charge in [0.15, 0.2) is 0 Å². The van der Waals surface area contributed by atoms with Crippen LogP contribution in [-0.4, -0.2) is 76.2 Å². The highest BCUT2D eigenvalue weighted by molar-refractivity contribution is 7.87. The molecular formula is C12H20N6O5S. The van der Waals surface area contributed by atoms with Gasteiger partial charge in [0.05, 0.1) is 62.4 Å². The summed E-state index contributed by atoms with van der Waals surface area (Å²) in [5, 5.41) is 39.3. The lowest BCUT2D eigenvalue weighted by Crippen LogP contribution is -2.40. The Bertz CT molecular complexity index is 686. The van der Waals surface area contributed by atoms with Gasteiger partial charge in [-0.15, -0.1) is 11.5 Å². The predicted octanol–water partition coefficient (Wildman–Crippen LogP) is -4.11. The smallest absolute Gasteiger partial charge is 0.278 e. The maximum atomic E-state index is 11.6. The lowest BCUT2D eigenvalue weighted by atomic mass is 10.1. The van der Waals surface area contributed by atoms with Gasteiger partial charge in [0.2, 0.25) is 0 Å². The Hall–Kier alpha value is -1.59. The summed E-state index contributed by atoms with van der Waals surface area (Å²) in [6, 6.07) is -1.20. The number of hydrogen-bond acceptors (Lipinski definition) is 8. The van der Waals surface area contributed by atoms with Gasteiger partial charge in [-0.25, -0.2) is 4.68 Å². The van der Waals surface area contributed by atoms with Crippen molar-refractivity contribution < 1.29 is 23.7 Å². The standard InChI is InChI=1S/C12H20N6O5S/c1-2-3-14-24(22,23)15-5-8-4-13-17-18(8)6-9-11(20)12(21)10(7-19)16-9/h1,4,9-12,14-16,19-21H,3,5-7H2/t9-,10-,11-,12-/m1/s1. The molecule has 134 valence electrons. The van der Waals surface area contributed by atoms with Gasteiger partial charge in [0, 0.05) is 0 Å². The molecule has 11 nitrogen and oxygen atoms in total. The first-order valence-corrected chi connectivity index (χ1v) is 8.64. The largest absolute Gasteiger partial charge is 0.395 e. The van der Waals surface area contributed by atoms with E-state index < -0.39 is 34.5 Å². The molecule has 1 saturated heterocycles. The first kappa shape index (κ1) is 18.7. The van der Waals surface area contributed by atoms with E-state index in [2.05, 4.69) is 31.0 Å². The highest BCUT2D eigenvalue weighted by atomic mass is 32.2. The van der Waals surface area contributed by atoms with Crippen molar-refractivity contribution in [3.05, 3.63) is 11.9 Å². The molecular weight excluding hydrogens is 340 g/mol. The molecule has 0 saturated carbocycles. The van der Waals surface area contributed by atoms with Crippen molar-refractivity contribution in [2.75, 3.05) is 13.2 Å². The molecule has 1 aliphatic rings. The normalized spacial score (nSPS) is 27.2. The van der Waals surface area contributed by atoms with E-state index in [0.717, 1.165) is 0 Å². The van der Waals surface area contributed by atoms with E-state index in [9.17, 15) is 18.6 Å². The molecule has 4 atom stereocenters. The van der Waals surface area contributed by atoms with E-state index in [1.165, 1.54) is 10.9 Å². The number of nitrogens with zero attached hydrogens (tertiary/aromatic N) is 3. The Balaban J connectivity index is 1.97. The van der Waals surface area contributed by atoms with Crippen molar-refractivity contribution in [2.45, 2.75) is 37.4 Å². The second kappa shape index (κ2) is 7.99. The summed E-state index contributed by atoms with van der Waals surface area (Å²) in [5.41, 5.74) is 0.456. The molecule has 0 unspecified atom stereocenters. The Morgan fingerprint density at radius 2 is 2.04 bits per heavy atom. The lowest BCUT2D eigenvalue weighted by Gasteiger charge is -2.17. The van der Waals surface area contributed by atoms with Crippen LogP contribution in [0.3, 0.4) is 0 Å². The zero-order chi connectivity index (χ0) is 17.7. The van der Waals surface area contributed by atoms with Crippen LogP contribution in [0.1, 0.15) is 5.69 Å². The number of hydrogen-bond donors (Lipinski definition) is 6. The molecule has 6 N–H and O–H groups in total. The first-order valence-electron chi connectivity index (χ1n) is 7.16. The van der Waals surface area contributed by atoms with Gasteiger partial charge >= 0.3 is 0 Å². The van der Waals surface area contributed by atoms with Crippen LogP contribution in [0.25, 0.3) is 0 Å². The van der Waals surface area contributed by atoms with Crippen molar-refractivity contribution in [3.8, 4) is 12.3 Å². The molecule has 0 radical (unpaired) electrons. The molecule has 1 fully saturated rings. The summed E-state index contributed by atoms with van der Waals surface area (Å²) in [5.74, 6) is 2.15. The van der Waals surface area contributed by atoms with E-state index in [0.29, 0.717) is 5.69 Å². The highest BCUT2D eigenvalue weighted by Gasteiger charge is 2.40. The number of aliphatic hydroxyl groups is 3. The molecule has 2 rings (SSSR count). The minimum Gasteiger partial charge on any atom is -0.395 e. The summed E-state index contributed by atoms with van der Waals surface area (Å²) in [4.78, 5) is 0. The third-order valence-electron chi connectivity index (χ3n) is 3.67. The van der Waals surface area contributed by atoms with E-state index in [1.807, 2.05) is 0 Å². The second-order valence-corrected chi connectivity index (χ2v) is 6.88. The minimum atomic E-state index is -3.75. The Morgan fingerprint density at radius 1 is 1.33 bits per heavy atom. The number of aliphatic hydroxyl groups excluding tert-OH is 3. The molecule has 0 bridgehead atoms. The summed E-state index contributed by atoms with van der Waals surface area (Å²) in [6.07, 6.45) is 4.18. The summed E-state index contributed by atoms with van der Waals surface area (Å²) in [6.45, 7) is -0.393. The molecule has 2 heterocycles. The molecule has 0 spiro atoms. The fourth-order valence-corrected chi connectivity index (χ4v) is 3.10. The van der Waals surface area contributed by atoms with Gasteiger partial charge in [-0.1, -0.05) is 11.1 Å². The van der Waals surface area contributed by atoms with Crippen molar-refractivity contribution in [2.24, 2.45) is 0 Å². The van der Waals surface area contributed by atoms with Gasteiger partial charge < -0.3 is 20.6 Å². The molecule has 1 aromatic rings. The maximum Gasteiger partial charge on any atom is 0.278 e. The van der Waals surface area contributed by atoms with E-state index in [1.54, 1.807) is 0 Å². The van der Waals surface area contributed by atoms with Crippen LogP contribution in [0, 0.1) is 12.3 Å². The Morgan fingerprint density at radius 3 is 2.67 bits per heavy atom. The van der Waals surface area contributed by atoms with Crippen LogP contribution in [-0.2, 0) is 23.3 Å². The van der Waals surface area contributed by atoms with Crippen molar-refractivity contribution in [3.63, 3.8) is 0 Å². The topological polar surface area (TPSA) is 162 Å². The van der Waals surface area contributed by atoms with Gasteiger partial charge in [-0.2, -0.15) is 17.9 Å². The Kier molecular flexibility index (Phi) is 6.24.